The van der Waals surface area contributed by atoms with Gasteiger partial charge >= 0.3 is 5.97 Å². The largest absolute Gasteiger partial charge is 0.480 e. The van der Waals surface area contributed by atoms with Crippen LogP contribution in [0.25, 0.3) is 0 Å². The number of rotatable bonds is 7. The van der Waals surface area contributed by atoms with E-state index in [-0.39, 0.29) is 11.6 Å². The molecule has 1 atom stereocenters. The Labute approximate surface area is 116 Å². The lowest BCUT2D eigenvalue weighted by Gasteiger charge is -2.15. The molecule has 0 saturated carbocycles. The number of carbonyl (C=O) groups is 1. The van der Waals surface area contributed by atoms with Crippen molar-refractivity contribution < 1.29 is 14.8 Å². The molecule has 0 heterocycles. The standard InChI is InChI=1S/C13H17NO4S/c1-9(2)12(13(15)16)19-8-7-10-5-3-4-6-11(10)14(17)18/h3-6,9,12H,7-8H2,1-2H3,(H,15,16). The lowest BCUT2D eigenvalue weighted by molar-refractivity contribution is -0.385. The molecule has 1 unspecified atom stereocenters. The number of benzene rings is 1. The highest BCUT2D eigenvalue weighted by atomic mass is 32.2. The van der Waals surface area contributed by atoms with Crippen molar-refractivity contribution in [1.82, 2.24) is 0 Å². The van der Waals surface area contributed by atoms with Gasteiger partial charge in [0.25, 0.3) is 5.69 Å². The van der Waals surface area contributed by atoms with Crippen LogP contribution in [0.5, 0.6) is 0 Å². The minimum Gasteiger partial charge on any atom is -0.480 e. The van der Waals surface area contributed by atoms with Crippen LogP contribution in [0.1, 0.15) is 19.4 Å². The number of nitro benzene ring substituents is 1. The lowest BCUT2D eigenvalue weighted by Crippen LogP contribution is -2.23. The first-order valence-electron chi connectivity index (χ1n) is 6.00. The van der Waals surface area contributed by atoms with Gasteiger partial charge in [-0.05, 0) is 18.1 Å². The van der Waals surface area contributed by atoms with Crippen molar-refractivity contribution in [3.8, 4) is 0 Å². The summed E-state index contributed by atoms with van der Waals surface area (Å²) in [5.74, 6) is -0.240. The number of aliphatic carboxylic acids is 1. The summed E-state index contributed by atoms with van der Waals surface area (Å²) < 4.78 is 0. The molecule has 0 aromatic heterocycles. The highest BCUT2D eigenvalue weighted by Gasteiger charge is 2.22. The third kappa shape index (κ3) is 4.55. The summed E-state index contributed by atoms with van der Waals surface area (Å²) in [4.78, 5) is 21.5. The maximum absolute atomic E-state index is 11.0. The van der Waals surface area contributed by atoms with Crippen LogP contribution in [0.2, 0.25) is 0 Å². The summed E-state index contributed by atoms with van der Waals surface area (Å²) >= 11 is 1.33. The predicted molar refractivity (Wildman–Crippen MR) is 75.5 cm³/mol. The van der Waals surface area contributed by atoms with E-state index in [9.17, 15) is 14.9 Å². The number of hydrogen-bond donors (Lipinski definition) is 1. The third-order valence-electron chi connectivity index (χ3n) is 2.71. The molecule has 0 spiro atoms. The van der Waals surface area contributed by atoms with Crippen LogP contribution >= 0.6 is 11.8 Å². The van der Waals surface area contributed by atoms with Crippen LogP contribution in [0.3, 0.4) is 0 Å². The van der Waals surface area contributed by atoms with Crippen molar-refractivity contribution >= 4 is 23.4 Å². The molecule has 0 bridgehead atoms. The van der Waals surface area contributed by atoms with Gasteiger partial charge in [0, 0.05) is 11.6 Å². The van der Waals surface area contributed by atoms with Gasteiger partial charge in [-0.2, -0.15) is 0 Å². The second-order valence-corrected chi connectivity index (χ2v) is 5.76. The fourth-order valence-corrected chi connectivity index (χ4v) is 2.86. The molecular formula is C13H17NO4S. The number of thioether (sulfide) groups is 1. The van der Waals surface area contributed by atoms with Gasteiger partial charge < -0.3 is 5.11 Å². The molecule has 6 heteroatoms. The minimum absolute atomic E-state index is 0.0354. The maximum atomic E-state index is 11.0. The van der Waals surface area contributed by atoms with Crippen LogP contribution in [0, 0.1) is 16.0 Å². The summed E-state index contributed by atoms with van der Waals surface area (Å²) in [5, 5.41) is 19.4. The third-order valence-corrected chi connectivity index (χ3v) is 4.25. The fourth-order valence-electron chi connectivity index (χ4n) is 1.75. The van der Waals surface area contributed by atoms with Gasteiger partial charge in [0.2, 0.25) is 0 Å². The SMILES string of the molecule is CC(C)C(SCCc1ccccc1[N+](=O)[O-])C(=O)O. The molecule has 0 fully saturated rings. The Morgan fingerprint density at radius 3 is 2.58 bits per heavy atom. The van der Waals surface area contributed by atoms with E-state index in [0.29, 0.717) is 17.7 Å². The molecule has 1 aromatic carbocycles. The Kier molecular flexibility index (Phi) is 5.82. The zero-order valence-corrected chi connectivity index (χ0v) is 11.7. The van der Waals surface area contributed by atoms with Crippen LogP contribution in [-0.4, -0.2) is 27.0 Å². The monoisotopic (exact) mass is 283 g/mol. The van der Waals surface area contributed by atoms with Gasteiger partial charge in [0.1, 0.15) is 5.25 Å². The van der Waals surface area contributed by atoms with E-state index in [1.165, 1.54) is 17.8 Å². The van der Waals surface area contributed by atoms with Gasteiger partial charge in [-0.25, -0.2) is 0 Å². The summed E-state index contributed by atoms with van der Waals surface area (Å²) in [5.41, 5.74) is 0.743. The van der Waals surface area contributed by atoms with Gasteiger partial charge in [-0.1, -0.05) is 32.0 Å². The summed E-state index contributed by atoms with van der Waals surface area (Å²) in [6.45, 7) is 3.72. The first-order valence-corrected chi connectivity index (χ1v) is 7.05. The average Bonchev–Trinajstić information content (AvgIpc) is 2.33. The topological polar surface area (TPSA) is 80.4 Å². The van der Waals surface area contributed by atoms with E-state index in [1.54, 1.807) is 18.2 Å². The summed E-state index contributed by atoms with van der Waals surface area (Å²) in [6.07, 6.45) is 0.498. The average molecular weight is 283 g/mol. The molecule has 1 aromatic rings. The Hall–Kier alpha value is -1.56. The molecular weight excluding hydrogens is 266 g/mol. The quantitative estimate of drug-likeness (QED) is 0.614. The van der Waals surface area contributed by atoms with E-state index in [1.807, 2.05) is 13.8 Å². The van der Waals surface area contributed by atoms with Crippen LogP contribution in [0.4, 0.5) is 5.69 Å². The first kappa shape index (κ1) is 15.5. The molecule has 0 radical (unpaired) electrons. The molecule has 1 rings (SSSR count). The number of para-hydroxylation sites is 1. The van der Waals surface area contributed by atoms with E-state index in [2.05, 4.69) is 0 Å². The first-order chi connectivity index (χ1) is 8.93. The Bertz CT molecular complexity index is 462. The number of nitro groups is 1. The van der Waals surface area contributed by atoms with Gasteiger partial charge in [0.15, 0.2) is 0 Å². The number of hydrogen-bond acceptors (Lipinski definition) is 4. The summed E-state index contributed by atoms with van der Waals surface area (Å²) in [6, 6.07) is 6.56. The molecule has 104 valence electrons. The van der Waals surface area contributed by atoms with E-state index in [0.717, 1.165) is 0 Å². The second-order valence-electron chi connectivity index (χ2n) is 4.51. The molecule has 5 nitrogen and oxygen atoms in total. The number of carboxylic acid groups (broad SMARTS) is 1. The van der Waals surface area contributed by atoms with Crippen LogP contribution < -0.4 is 0 Å². The maximum Gasteiger partial charge on any atom is 0.316 e. The summed E-state index contributed by atoms with van der Waals surface area (Å²) in [7, 11) is 0. The zero-order chi connectivity index (χ0) is 14.4. The van der Waals surface area contributed by atoms with E-state index >= 15 is 0 Å². The van der Waals surface area contributed by atoms with Gasteiger partial charge in [-0.15, -0.1) is 11.8 Å². The number of carboxylic acids is 1. The highest BCUT2D eigenvalue weighted by Crippen LogP contribution is 2.24. The number of aryl methyl sites for hydroxylation is 1. The van der Waals surface area contributed by atoms with Crippen molar-refractivity contribution in [1.29, 1.82) is 0 Å². The predicted octanol–water partition coefficient (Wildman–Crippen LogP) is 2.98. The second kappa shape index (κ2) is 7.13. The van der Waals surface area contributed by atoms with Crippen molar-refractivity contribution in [2.24, 2.45) is 5.92 Å². The molecule has 0 saturated heterocycles. The van der Waals surface area contributed by atoms with Crippen molar-refractivity contribution in [2.75, 3.05) is 5.75 Å². The Morgan fingerprint density at radius 2 is 2.05 bits per heavy atom. The Morgan fingerprint density at radius 1 is 1.42 bits per heavy atom. The zero-order valence-electron chi connectivity index (χ0n) is 10.9. The molecule has 1 N–H and O–H groups in total. The normalized spacial score (nSPS) is 12.4. The number of nitrogens with zero attached hydrogens (tertiary/aromatic N) is 1. The van der Waals surface area contributed by atoms with E-state index in [4.69, 9.17) is 5.11 Å². The van der Waals surface area contributed by atoms with Crippen LogP contribution in [0.15, 0.2) is 24.3 Å². The Balaban J connectivity index is 2.63. The van der Waals surface area contributed by atoms with Gasteiger partial charge in [0.05, 0.1) is 4.92 Å². The molecule has 19 heavy (non-hydrogen) atoms. The van der Waals surface area contributed by atoms with Crippen molar-refractivity contribution in [3.05, 3.63) is 39.9 Å². The highest BCUT2D eigenvalue weighted by molar-refractivity contribution is 8.00. The molecule has 0 amide bonds. The molecule has 0 aliphatic carbocycles. The van der Waals surface area contributed by atoms with E-state index < -0.39 is 16.1 Å². The molecule has 0 aliphatic rings. The lowest BCUT2D eigenvalue weighted by atomic mass is 10.1. The van der Waals surface area contributed by atoms with Crippen molar-refractivity contribution in [2.45, 2.75) is 25.5 Å². The van der Waals surface area contributed by atoms with Crippen LogP contribution in [-0.2, 0) is 11.2 Å². The smallest absolute Gasteiger partial charge is 0.316 e. The fraction of sp³-hybridized carbons (Fsp3) is 0.462. The molecule has 0 aliphatic heterocycles. The minimum atomic E-state index is -0.831. The van der Waals surface area contributed by atoms with Gasteiger partial charge in [-0.3, -0.25) is 14.9 Å². The van der Waals surface area contributed by atoms with Crippen molar-refractivity contribution in [3.63, 3.8) is 0 Å².